The topological polar surface area (TPSA) is 47.9 Å². The lowest BCUT2D eigenvalue weighted by Gasteiger charge is -2.09. The average molecular weight is 592 g/mol. The highest BCUT2D eigenvalue weighted by molar-refractivity contribution is 14.1. The fraction of sp³-hybridized carbons (Fsp3) is 0.0526. The maximum atomic E-state index is 12.2. The van der Waals surface area contributed by atoms with E-state index in [4.69, 9.17) is 21.1 Å². The second kappa shape index (κ2) is 8.53. The van der Waals surface area contributed by atoms with Crippen LogP contribution in [0.15, 0.2) is 59.7 Å². The largest absolute Gasteiger partial charge is 0.487 e. The Morgan fingerprint density at radius 3 is 2.58 bits per heavy atom. The van der Waals surface area contributed by atoms with Crippen LogP contribution < -0.4 is 4.74 Å². The van der Waals surface area contributed by atoms with Gasteiger partial charge in [0.15, 0.2) is 5.70 Å². The second-order valence-corrected chi connectivity index (χ2v) is 7.96. The van der Waals surface area contributed by atoms with Crippen LogP contribution in [-0.4, -0.2) is 18.5 Å². The molecular weight excluding hydrogens is 579 g/mol. The summed E-state index contributed by atoms with van der Waals surface area (Å²) in [6.07, 6.45) is 3.38. The van der Waals surface area contributed by atoms with Crippen molar-refractivity contribution in [1.82, 2.24) is 0 Å². The molecule has 7 heteroatoms. The molecule has 0 N–H and O–H groups in total. The molecule has 0 saturated carbocycles. The molecule has 0 radical (unpaired) electrons. The lowest BCUT2D eigenvalue weighted by atomic mass is 10.2. The van der Waals surface area contributed by atoms with Crippen molar-refractivity contribution in [3.8, 4) is 5.75 Å². The Morgan fingerprint density at radius 1 is 1.23 bits per heavy atom. The van der Waals surface area contributed by atoms with Crippen molar-refractivity contribution < 1.29 is 14.3 Å². The number of aliphatic imine (C=N–C) groups is 1. The molecule has 1 aliphatic heterocycles. The summed E-state index contributed by atoms with van der Waals surface area (Å²) in [6.45, 7) is 4.09. The zero-order valence-electron chi connectivity index (χ0n) is 13.3. The smallest absolute Gasteiger partial charge is 0.363 e. The van der Waals surface area contributed by atoms with Gasteiger partial charge in [-0.3, -0.25) is 0 Å². The molecule has 3 rings (SSSR count). The molecule has 0 aliphatic carbocycles. The Labute approximate surface area is 183 Å². The number of nitrogens with zero attached hydrogens (tertiary/aromatic N) is 1. The summed E-state index contributed by atoms with van der Waals surface area (Å²) in [5.41, 5.74) is 1.65. The lowest BCUT2D eigenvalue weighted by molar-refractivity contribution is -0.129. The number of rotatable bonds is 5. The third kappa shape index (κ3) is 4.29. The Morgan fingerprint density at radius 2 is 1.92 bits per heavy atom. The number of carbonyl (C=O) groups excluding carboxylic acids is 1. The van der Waals surface area contributed by atoms with Crippen LogP contribution in [0.4, 0.5) is 0 Å². The van der Waals surface area contributed by atoms with E-state index in [2.05, 4.69) is 56.8 Å². The predicted molar refractivity (Wildman–Crippen MR) is 120 cm³/mol. The summed E-state index contributed by atoms with van der Waals surface area (Å²) < 4.78 is 12.8. The van der Waals surface area contributed by atoms with Gasteiger partial charge < -0.3 is 9.47 Å². The summed E-state index contributed by atoms with van der Waals surface area (Å²) in [4.78, 5) is 16.5. The van der Waals surface area contributed by atoms with Crippen molar-refractivity contribution in [1.29, 1.82) is 0 Å². The first-order chi connectivity index (χ1) is 12.5. The minimum Gasteiger partial charge on any atom is -0.487 e. The van der Waals surface area contributed by atoms with Gasteiger partial charge in [-0.1, -0.05) is 36.4 Å². The van der Waals surface area contributed by atoms with Crippen molar-refractivity contribution in [2.45, 2.75) is 0 Å². The predicted octanol–water partition coefficient (Wildman–Crippen LogP) is 5.46. The first kappa shape index (κ1) is 19.4. The molecule has 132 valence electrons. The minimum absolute atomic E-state index is 0.210. The Balaban J connectivity index is 1.93. The van der Waals surface area contributed by atoms with Gasteiger partial charge in [0.05, 0.1) is 17.7 Å². The van der Waals surface area contributed by atoms with Gasteiger partial charge in [0, 0.05) is 0 Å². The van der Waals surface area contributed by atoms with Crippen molar-refractivity contribution in [2.24, 2.45) is 4.99 Å². The summed E-state index contributed by atoms with van der Waals surface area (Å²) in [7, 11) is 0. The van der Waals surface area contributed by atoms with Gasteiger partial charge in [0.25, 0.3) is 0 Å². The van der Waals surface area contributed by atoms with Crippen molar-refractivity contribution in [2.75, 3.05) is 6.61 Å². The van der Waals surface area contributed by atoms with Crippen LogP contribution in [0.25, 0.3) is 6.08 Å². The molecule has 0 saturated heterocycles. The normalized spacial score (nSPS) is 15.0. The highest BCUT2D eigenvalue weighted by Crippen LogP contribution is 2.31. The summed E-state index contributed by atoms with van der Waals surface area (Å²) in [5.74, 6) is 0.501. The monoisotopic (exact) mass is 591 g/mol. The molecule has 0 aromatic heterocycles. The molecular formula is C19H12ClI2NO3. The Bertz CT molecular complexity index is 931. The molecule has 0 amide bonds. The SMILES string of the molecule is C=CCOc1c(I)cc(/C=C2\N=C(c3ccccc3Cl)OC2=O)cc1I. The molecule has 0 atom stereocenters. The van der Waals surface area contributed by atoms with E-state index in [0.717, 1.165) is 18.5 Å². The first-order valence-corrected chi connectivity index (χ1v) is 10.0. The van der Waals surface area contributed by atoms with E-state index >= 15 is 0 Å². The van der Waals surface area contributed by atoms with Crippen LogP contribution in [0.2, 0.25) is 5.02 Å². The molecule has 1 aliphatic rings. The quantitative estimate of drug-likeness (QED) is 0.201. The summed E-state index contributed by atoms with van der Waals surface area (Å²) in [5, 5.41) is 0.480. The van der Waals surface area contributed by atoms with E-state index in [1.165, 1.54) is 0 Å². The van der Waals surface area contributed by atoms with Crippen LogP contribution in [0.1, 0.15) is 11.1 Å². The van der Waals surface area contributed by atoms with Gasteiger partial charge in [0.1, 0.15) is 12.4 Å². The zero-order chi connectivity index (χ0) is 18.7. The van der Waals surface area contributed by atoms with E-state index in [0.29, 0.717) is 17.2 Å². The third-order valence-corrected chi connectivity index (χ3v) is 5.33. The third-order valence-electron chi connectivity index (χ3n) is 3.39. The van der Waals surface area contributed by atoms with E-state index < -0.39 is 5.97 Å². The standard InChI is InChI=1S/C19H12ClI2NO3/c1-2-7-25-17-14(21)8-11(9-15(17)22)10-16-19(24)26-18(23-16)12-5-3-4-6-13(12)20/h2-6,8-10H,1,7H2/b16-10-. The lowest BCUT2D eigenvalue weighted by Crippen LogP contribution is -2.05. The van der Waals surface area contributed by atoms with Crippen LogP contribution in [0, 0.1) is 7.14 Å². The van der Waals surface area contributed by atoms with E-state index in [-0.39, 0.29) is 11.6 Å². The number of hydrogen-bond acceptors (Lipinski definition) is 4. The van der Waals surface area contributed by atoms with Gasteiger partial charge in [-0.15, -0.1) is 0 Å². The molecule has 26 heavy (non-hydrogen) atoms. The molecule has 0 bridgehead atoms. The van der Waals surface area contributed by atoms with E-state index in [1.54, 1.807) is 30.4 Å². The van der Waals surface area contributed by atoms with Crippen LogP contribution in [-0.2, 0) is 9.53 Å². The number of carbonyl (C=O) groups is 1. The first-order valence-electron chi connectivity index (χ1n) is 7.50. The van der Waals surface area contributed by atoms with Gasteiger partial charge in [-0.25, -0.2) is 9.79 Å². The van der Waals surface area contributed by atoms with Crippen LogP contribution >= 0.6 is 56.8 Å². The number of halogens is 3. The Hall–Kier alpha value is -1.39. The fourth-order valence-electron chi connectivity index (χ4n) is 2.26. The summed E-state index contributed by atoms with van der Waals surface area (Å²) >= 11 is 10.5. The van der Waals surface area contributed by atoms with Gasteiger partial charge in [-0.2, -0.15) is 0 Å². The maximum Gasteiger partial charge on any atom is 0.363 e. The van der Waals surface area contributed by atoms with E-state index in [9.17, 15) is 4.79 Å². The second-order valence-electron chi connectivity index (χ2n) is 5.23. The number of hydrogen-bond donors (Lipinski definition) is 0. The fourth-order valence-corrected chi connectivity index (χ4v) is 4.60. The van der Waals surface area contributed by atoms with Gasteiger partial charge in [0.2, 0.25) is 5.90 Å². The van der Waals surface area contributed by atoms with E-state index in [1.807, 2.05) is 18.2 Å². The molecule has 4 nitrogen and oxygen atoms in total. The molecule has 1 heterocycles. The molecule has 0 unspecified atom stereocenters. The average Bonchev–Trinajstić information content (AvgIpc) is 2.95. The summed E-state index contributed by atoms with van der Waals surface area (Å²) in [6, 6.07) is 10.9. The van der Waals surface area contributed by atoms with Crippen LogP contribution in [0.3, 0.4) is 0 Å². The number of benzene rings is 2. The highest BCUT2D eigenvalue weighted by atomic mass is 127. The maximum absolute atomic E-state index is 12.2. The molecule has 2 aromatic rings. The van der Waals surface area contributed by atoms with Crippen molar-refractivity contribution in [3.63, 3.8) is 0 Å². The number of cyclic esters (lactones) is 1. The van der Waals surface area contributed by atoms with Crippen molar-refractivity contribution >= 4 is 74.7 Å². The van der Waals surface area contributed by atoms with Crippen molar-refractivity contribution in [3.05, 3.63) is 78.0 Å². The van der Waals surface area contributed by atoms with Crippen LogP contribution in [0.5, 0.6) is 5.75 Å². The number of ether oxygens (including phenoxy) is 2. The molecule has 0 fully saturated rings. The van der Waals surface area contributed by atoms with Gasteiger partial charge in [-0.05, 0) is 81.1 Å². The zero-order valence-corrected chi connectivity index (χ0v) is 18.4. The minimum atomic E-state index is -0.503. The Kier molecular flexibility index (Phi) is 6.36. The molecule has 0 spiro atoms. The number of esters is 1. The molecule has 2 aromatic carbocycles. The van der Waals surface area contributed by atoms with Gasteiger partial charge >= 0.3 is 5.97 Å². The highest BCUT2D eigenvalue weighted by Gasteiger charge is 2.25.